The maximum Gasteiger partial charge on any atom is 0.271 e. The van der Waals surface area contributed by atoms with Gasteiger partial charge in [-0.25, -0.2) is 9.97 Å². The van der Waals surface area contributed by atoms with E-state index in [0.29, 0.717) is 12.2 Å². The molecular formula is C21H22N4OS. The number of anilines is 1. The zero-order valence-corrected chi connectivity index (χ0v) is 15.9. The van der Waals surface area contributed by atoms with Crippen molar-refractivity contribution in [2.24, 2.45) is 0 Å². The lowest BCUT2D eigenvalue weighted by Crippen LogP contribution is -2.24. The van der Waals surface area contributed by atoms with Crippen LogP contribution in [0.25, 0.3) is 0 Å². The number of amides is 1. The SMILES string of the molecule is O=C(NCc1ccnc(N2CCCC2)c1)c1csc(Cc2ccccc2)n1. The molecule has 0 aliphatic carbocycles. The summed E-state index contributed by atoms with van der Waals surface area (Å²) in [5.41, 5.74) is 2.74. The van der Waals surface area contributed by atoms with Crippen molar-refractivity contribution in [3.05, 3.63) is 75.9 Å². The van der Waals surface area contributed by atoms with Gasteiger partial charge in [0.2, 0.25) is 0 Å². The molecule has 0 spiro atoms. The Morgan fingerprint density at radius 2 is 1.93 bits per heavy atom. The van der Waals surface area contributed by atoms with Crippen molar-refractivity contribution >= 4 is 23.1 Å². The van der Waals surface area contributed by atoms with Crippen molar-refractivity contribution in [3.8, 4) is 0 Å². The molecule has 1 amide bonds. The summed E-state index contributed by atoms with van der Waals surface area (Å²) in [4.78, 5) is 23.7. The van der Waals surface area contributed by atoms with E-state index in [9.17, 15) is 4.79 Å². The summed E-state index contributed by atoms with van der Waals surface area (Å²) < 4.78 is 0. The second-order valence-electron chi connectivity index (χ2n) is 6.69. The maximum absolute atomic E-state index is 12.4. The molecule has 0 unspecified atom stereocenters. The van der Waals surface area contributed by atoms with E-state index >= 15 is 0 Å². The van der Waals surface area contributed by atoms with Crippen LogP contribution in [0.4, 0.5) is 5.82 Å². The summed E-state index contributed by atoms with van der Waals surface area (Å²) in [6.07, 6.45) is 5.01. The molecule has 0 radical (unpaired) electrons. The van der Waals surface area contributed by atoms with Gasteiger partial charge in [0.25, 0.3) is 5.91 Å². The van der Waals surface area contributed by atoms with Crippen molar-refractivity contribution in [1.29, 1.82) is 0 Å². The van der Waals surface area contributed by atoms with Gasteiger partial charge in [-0.2, -0.15) is 0 Å². The highest BCUT2D eigenvalue weighted by Gasteiger charge is 2.14. The van der Waals surface area contributed by atoms with Gasteiger partial charge in [-0.1, -0.05) is 30.3 Å². The van der Waals surface area contributed by atoms with Crippen molar-refractivity contribution < 1.29 is 4.79 Å². The Hall–Kier alpha value is -2.73. The zero-order chi connectivity index (χ0) is 18.5. The van der Waals surface area contributed by atoms with E-state index in [1.165, 1.54) is 29.7 Å². The topological polar surface area (TPSA) is 58.1 Å². The van der Waals surface area contributed by atoms with E-state index in [1.807, 2.05) is 35.8 Å². The van der Waals surface area contributed by atoms with Gasteiger partial charge in [-0.3, -0.25) is 4.79 Å². The third-order valence-electron chi connectivity index (χ3n) is 4.68. The van der Waals surface area contributed by atoms with Crippen LogP contribution >= 0.6 is 11.3 Å². The minimum Gasteiger partial charge on any atom is -0.357 e. The van der Waals surface area contributed by atoms with Crippen LogP contribution in [0.5, 0.6) is 0 Å². The Bertz CT molecular complexity index is 903. The van der Waals surface area contributed by atoms with Crippen molar-refractivity contribution in [1.82, 2.24) is 15.3 Å². The van der Waals surface area contributed by atoms with Gasteiger partial charge >= 0.3 is 0 Å². The summed E-state index contributed by atoms with van der Waals surface area (Å²) in [6.45, 7) is 2.60. The standard InChI is InChI=1S/C21H22N4OS/c26-21(18-15-27-20(24-18)13-16-6-2-1-3-7-16)23-14-17-8-9-22-19(12-17)25-10-4-5-11-25/h1-3,6-9,12,15H,4-5,10-11,13-14H2,(H,23,26). The lowest BCUT2D eigenvalue weighted by atomic mass is 10.2. The number of pyridine rings is 1. The second kappa shape index (κ2) is 8.31. The first-order valence-corrected chi connectivity index (χ1v) is 10.1. The van der Waals surface area contributed by atoms with E-state index in [0.717, 1.165) is 35.9 Å². The summed E-state index contributed by atoms with van der Waals surface area (Å²) in [6, 6.07) is 14.2. The van der Waals surface area contributed by atoms with E-state index < -0.39 is 0 Å². The number of nitrogens with one attached hydrogen (secondary N) is 1. The van der Waals surface area contributed by atoms with E-state index in [-0.39, 0.29) is 5.91 Å². The number of carbonyl (C=O) groups excluding carboxylic acids is 1. The lowest BCUT2D eigenvalue weighted by molar-refractivity contribution is 0.0946. The highest BCUT2D eigenvalue weighted by atomic mass is 32.1. The number of aromatic nitrogens is 2. The number of nitrogens with zero attached hydrogens (tertiary/aromatic N) is 3. The summed E-state index contributed by atoms with van der Waals surface area (Å²) in [7, 11) is 0. The van der Waals surface area contributed by atoms with Gasteiger partial charge in [0, 0.05) is 37.6 Å². The van der Waals surface area contributed by atoms with Gasteiger partial charge in [0.1, 0.15) is 11.5 Å². The van der Waals surface area contributed by atoms with Gasteiger partial charge in [-0.05, 0) is 36.1 Å². The van der Waals surface area contributed by atoms with Crippen LogP contribution in [0, 0.1) is 0 Å². The molecule has 1 N–H and O–H groups in total. The molecule has 138 valence electrons. The Morgan fingerprint density at radius 1 is 1.11 bits per heavy atom. The lowest BCUT2D eigenvalue weighted by Gasteiger charge is -2.16. The van der Waals surface area contributed by atoms with E-state index in [4.69, 9.17) is 0 Å². The molecule has 1 aromatic carbocycles. The zero-order valence-electron chi connectivity index (χ0n) is 15.1. The molecule has 27 heavy (non-hydrogen) atoms. The maximum atomic E-state index is 12.4. The summed E-state index contributed by atoms with van der Waals surface area (Å²) in [5, 5.41) is 5.75. The fourth-order valence-corrected chi connectivity index (χ4v) is 4.04. The number of rotatable bonds is 6. The van der Waals surface area contributed by atoms with E-state index in [2.05, 4.69) is 38.4 Å². The fourth-order valence-electron chi connectivity index (χ4n) is 3.23. The predicted octanol–water partition coefficient (Wildman–Crippen LogP) is 3.66. The van der Waals surface area contributed by atoms with Gasteiger partial charge in [-0.15, -0.1) is 11.3 Å². The van der Waals surface area contributed by atoms with E-state index in [1.54, 1.807) is 0 Å². The largest absolute Gasteiger partial charge is 0.357 e. The number of hydrogen-bond acceptors (Lipinski definition) is 5. The Labute approximate surface area is 163 Å². The molecule has 1 aliphatic heterocycles. The van der Waals surface area contributed by atoms with Crippen molar-refractivity contribution in [3.63, 3.8) is 0 Å². The van der Waals surface area contributed by atoms with Crippen LogP contribution in [-0.4, -0.2) is 29.0 Å². The smallest absolute Gasteiger partial charge is 0.271 e. The average molecular weight is 379 g/mol. The third-order valence-corrected chi connectivity index (χ3v) is 5.52. The van der Waals surface area contributed by atoms with Crippen molar-refractivity contribution in [2.45, 2.75) is 25.8 Å². The molecule has 5 nitrogen and oxygen atoms in total. The van der Waals surface area contributed by atoms with Crippen molar-refractivity contribution in [2.75, 3.05) is 18.0 Å². The average Bonchev–Trinajstić information content (AvgIpc) is 3.39. The third kappa shape index (κ3) is 4.52. The molecule has 1 fully saturated rings. The normalized spacial score (nSPS) is 13.7. The first kappa shape index (κ1) is 17.7. The summed E-state index contributed by atoms with van der Waals surface area (Å²) in [5.74, 6) is 0.864. The number of carbonyl (C=O) groups is 1. The molecular weight excluding hydrogens is 356 g/mol. The first-order valence-electron chi connectivity index (χ1n) is 9.24. The minimum atomic E-state index is -0.134. The first-order chi connectivity index (χ1) is 13.3. The Balaban J connectivity index is 1.35. The van der Waals surface area contributed by atoms with Crippen LogP contribution in [0.15, 0.2) is 54.0 Å². The quantitative estimate of drug-likeness (QED) is 0.711. The number of hydrogen-bond donors (Lipinski definition) is 1. The molecule has 0 atom stereocenters. The predicted molar refractivity (Wildman–Crippen MR) is 108 cm³/mol. The molecule has 1 aliphatic rings. The van der Waals surface area contributed by atoms with Gasteiger partial charge < -0.3 is 10.2 Å². The molecule has 2 aromatic heterocycles. The summed E-state index contributed by atoms with van der Waals surface area (Å²) >= 11 is 1.53. The molecule has 1 saturated heterocycles. The molecule has 0 bridgehead atoms. The van der Waals surface area contributed by atoms with Crippen LogP contribution in [0.3, 0.4) is 0 Å². The highest BCUT2D eigenvalue weighted by molar-refractivity contribution is 7.09. The van der Waals surface area contributed by atoms with Crippen LogP contribution in [0.1, 0.15) is 39.5 Å². The van der Waals surface area contributed by atoms with Crippen LogP contribution in [-0.2, 0) is 13.0 Å². The van der Waals surface area contributed by atoms with Gasteiger partial charge in [0.15, 0.2) is 0 Å². The molecule has 6 heteroatoms. The molecule has 4 rings (SSSR count). The van der Waals surface area contributed by atoms with Crippen LogP contribution < -0.4 is 10.2 Å². The molecule has 3 heterocycles. The molecule has 0 saturated carbocycles. The second-order valence-corrected chi connectivity index (χ2v) is 7.63. The monoisotopic (exact) mass is 378 g/mol. The number of thiazole rings is 1. The highest BCUT2D eigenvalue weighted by Crippen LogP contribution is 2.19. The minimum absolute atomic E-state index is 0.134. The van der Waals surface area contributed by atoms with Gasteiger partial charge in [0.05, 0.1) is 5.01 Å². The fraction of sp³-hybridized carbons (Fsp3) is 0.286. The Morgan fingerprint density at radius 3 is 2.74 bits per heavy atom. The molecule has 3 aromatic rings. The number of benzene rings is 1. The Kier molecular flexibility index (Phi) is 5.44. The van der Waals surface area contributed by atoms with Crippen LogP contribution in [0.2, 0.25) is 0 Å².